The van der Waals surface area contributed by atoms with E-state index in [1.54, 1.807) is 38.2 Å². The number of halogens is 3. The van der Waals surface area contributed by atoms with Gasteiger partial charge in [0.25, 0.3) is 0 Å². The maximum absolute atomic E-state index is 14.8. The fraction of sp³-hybridized carbons (Fsp3) is 0.280. The van der Waals surface area contributed by atoms with Crippen molar-refractivity contribution in [2.45, 2.75) is 25.9 Å². The van der Waals surface area contributed by atoms with E-state index in [1.807, 2.05) is 6.07 Å². The van der Waals surface area contributed by atoms with Gasteiger partial charge in [-0.1, -0.05) is 43.3 Å². The van der Waals surface area contributed by atoms with E-state index < -0.39 is 11.6 Å². The van der Waals surface area contributed by atoms with Crippen LogP contribution in [0, 0.1) is 23.4 Å². The van der Waals surface area contributed by atoms with Crippen LogP contribution in [0.4, 0.5) is 13.2 Å². The van der Waals surface area contributed by atoms with E-state index in [0.717, 1.165) is 18.4 Å². The van der Waals surface area contributed by atoms with Crippen LogP contribution in [-0.4, -0.2) is 21.0 Å². The van der Waals surface area contributed by atoms with Gasteiger partial charge in [-0.15, -0.1) is 0 Å². The molecule has 1 heterocycles. The van der Waals surface area contributed by atoms with Crippen molar-refractivity contribution in [2.75, 3.05) is 13.1 Å². The van der Waals surface area contributed by atoms with E-state index in [-0.39, 0.29) is 29.7 Å². The molecule has 0 saturated carbocycles. The molecule has 1 fully saturated rings. The lowest BCUT2D eigenvalue weighted by molar-refractivity contribution is -0.0125. The van der Waals surface area contributed by atoms with Crippen molar-refractivity contribution in [3.05, 3.63) is 77.6 Å². The number of hydrogen-bond donors (Lipinski definition) is 0. The predicted molar refractivity (Wildman–Crippen MR) is 118 cm³/mol. The Kier molecular flexibility index (Phi) is 6.37. The van der Waals surface area contributed by atoms with Crippen molar-refractivity contribution < 1.29 is 22.6 Å². The van der Waals surface area contributed by atoms with Crippen LogP contribution in [0.5, 0.6) is 5.75 Å². The number of rotatable bonds is 5. The quantitative estimate of drug-likeness (QED) is 0.476. The maximum Gasteiger partial charge on any atom is 0.201 e. The Balaban J connectivity index is 1.57. The topological polar surface area (TPSA) is 18.5 Å². The molecule has 0 bridgehead atoms. The third-order valence-corrected chi connectivity index (χ3v) is 5.72. The largest absolute Gasteiger partial charge is 0.500 e. The lowest BCUT2D eigenvalue weighted by atomic mass is 9.94. The van der Waals surface area contributed by atoms with Crippen molar-refractivity contribution in [3.8, 4) is 28.0 Å². The molecule has 0 spiro atoms. The molecule has 3 aromatic carbocycles. The van der Waals surface area contributed by atoms with Gasteiger partial charge in [-0.25, -0.2) is 8.78 Å². The van der Waals surface area contributed by atoms with Gasteiger partial charge >= 0.3 is 0 Å². The minimum Gasteiger partial charge on any atom is -0.500 e. The molecule has 2 nitrogen and oxygen atoms in total. The maximum atomic E-state index is 14.8. The van der Waals surface area contributed by atoms with Crippen LogP contribution in [0.2, 0.25) is 0 Å². The summed E-state index contributed by atoms with van der Waals surface area (Å²) in [6.45, 7) is 3.09. The normalized spacial score (nSPS) is 18.7. The minimum absolute atomic E-state index is 0.0698. The number of ether oxygens (including phenoxy) is 2. The van der Waals surface area contributed by atoms with Gasteiger partial charge in [-0.2, -0.15) is 4.39 Å². The third-order valence-electron chi connectivity index (χ3n) is 5.72. The molecule has 0 aliphatic carbocycles. The van der Waals surface area contributed by atoms with Crippen LogP contribution in [0.15, 0.2) is 54.6 Å². The molecule has 31 heavy (non-hydrogen) atoms. The zero-order valence-corrected chi connectivity index (χ0v) is 17.6. The fourth-order valence-corrected chi connectivity index (χ4v) is 3.96. The molecule has 0 radical (unpaired) electrons. The highest BCUT2D eigenvalue weighted by Crippen LogP contribution is 2.34. The van der Waals surface area contributed by atoms with Crippen LogP contribution in [-0.2, 0) is 4.74 Å². The van der Waals surface area contributed by atoms with Gasteiger partial charge in [0.1, 0.15) is 5.82 Å². The molecule has 160 valence electrons. The van der Waals surface area contributed by atoms with Crippen molar-refractivity contribution in [1.29, 1.82) is 0 Å². The van der Waals surface area contributed by atoms with E-state index in [0.29, 0.717) is 29.2 Å². The Morgan fingerprint density at radius 1 is 0.903 bits per heavy atom. The zero-order chi connectivity index (χ0) is 22.0. The standard InChI is InChI=1S/C25H24BF3O2/c1-15-2-10-22(30-13-15)18-7-8-19(21(27)12-18)16-3-5-17(6-4-16)20-9-11-23(31-14-26)25(29)24(20)28/h3-9,11-12,15,22H,2,10,13-14,26H2,1H3. The molecule has 1 aliphatic heterocycles. The number of benzene rings is 3. The minimum atomic E-state index is -1.01. The first-order valence-electron chi connectivity index (χ1n) is 10.6. The highest BCUT2D eigenvalue weighted by Gasteiger charge is 2.21. The molecule has 0 aromatic heterocycles. The van der Waals surface area contributed by atoms with Crippen LogP contribution < -0.4 is 4.74 Å². The monoisotopic (exact) mass is 424 g/mol. The number of hydrogen-bond acceptors (Lipinski definition) is 2. The van der Waals surface area contributed by atoms with Gasteiger partial charge in [-0.3, -0.25) is 0 Å². The molecule has 3 aromatic rings. The third kappa shape index (κ3) is 4.49. The Bertz CT molecular complexity index is 1060. The van der Waals surface area contributed by atoms with Crippen LogP contribution in [0.3, 0.4) is 0 Å². The Morgan fingerprint density at radius 2 is 1.58 bits per heavy atom. The molecule has 0 N–H and O–H groups in total. The average Bonchev–Trinajstić information content (AvgIpc) is 2.78. The molecule has 2 unspecified atom stereocenters. The Labute approximate surface area is 181 Å². The van der Waals surface area contributed by atoms with E-state index in [2.05, 4.69) is 6.92 Å². The van der Waals surface area contributed by atoms with Gasteiger partial charge in [-0.05, 0) is 53.6 Å². The van der Waals surface area contributed by atoms with Gasteiger partial charge in [0.2, 0.25) is 5.82 Å². The summed E-state index contributed by atoms with van der Waals surface area (Å²) >= 11 is 0. The second kappa shape index (κ2) is 9.19. The molecule has 1 aliphatic rings. The smallest absolute Gasteiger partial charge is 0.201 e. The summed E-state index contributed by atoms with van der Waals surface area (Å²) in [6, 6.07) is 14.8. The summed E-state index contributed by atoms with van der Waals surface area (Å²) in [6.07, 6.45) is 1.89. The van der Waals surface area contributed by atoms with Crippen LogP contribution >= 0.6 is 0 Å². The van der Waals surface area contributed by atoms with Crippen molar-refractivity contribution in [1.82, 2.24) is 0 Å². The second-order valence-corrected chi connectivity index (χ2v) is 7.99. The first-order chi connectivity index (χ1) is 15.0. The summed E-state index contributed by atoms with van der Waals surface area (Å²) in [5, 5.41) is 0. The molecular formula is C25H24BF3O2. The second-order valence-electron chi connectivity index (χ2n) is 7.99. The summed E-state index contributed by atoms with van der Waals surface area (Å²) in [5.41, 5.74) is 2.60. The SMILES string of the molecule is BCOc1ccc(-c2ccc(-c3ccc(C4CCC(C)CO4)cc3F)cc2)c(F)c1F. The highest BCUT2D eigenvalue weighted by molar-refractivity contribution is 6.08. The lowest BCUT2D eigenvalue weighted by Gasteiger charge is -2.27. The van der Waals surface area contributed by atoms with Gasteiger partial charge in [0.05, 0.1) is 12.6 Å². The van der Waals surface area contributed by atoms with E-state index >= 15 is 0 Å². The molecule has 2 atom stereocenters. The Hall–Kier alpha value is -2.73. The van der Waals surface area contributed by atoms with Crippen molar-refractivity contribution >= 4 is 7.85 Å². The average molecular weight is 424 g/mol. The van der Waals surface area contributed by atoms with Gasteiger partial charge < -0.3 is 9.47 Å². The summed E-state index contributed by atoms with van der Waals surface area (Å²) in [7, 11) is 1.71. The Morgan fingerprint density at radius 3 is 2.19 bits per heavy atom. The molecule has 0 amide bonds. The summed E-state index contributed by atoms with van der Waals surface area (Å²) < 4.78 is 54.4. The van der Waals surface area contributed by atoms with Crippen molar-refractivity contribution in [3.63, 3.8) is 0 Å². The molecule has 6 heteroatoms. The van der Waals surface area contributed by atoms with Gasteiger partial charge in [0.15, 0.2) is 19.4 Å². The van der Waals surface area contributed by atoms with Crippen LogP contribution in [0.25, 0.3) is 22.3 Å². The zero-order valence-electron chi connectivity index (χ0n) is 17.6. The van der Waals surface area contributed by atoms with E-state index in [1.165, 1.54) is 18.2 Å². The first kappa shape index (κ1) is 21.5. The van der Waals surface area contributed by atoms with E-state index in [4.69, 9.17) is 9.47 Å². The summed E-state index contributed by atoms with van der Waals surface area (Å²) in [5.74, 6) is -1.88. The molecule has 1 saturated heterocycles. The van der Waals surface area contributed by atoms with E-state index in [9.17, 15) is 13.2 Å². The van der Waals surface area contributed by atoms with Crippen LogP contribution in [0.1, 0.15) is 31.4 Å². The fourth-order valence-electron chi connectivity index (χ4n) is 3.96. The molecular weight excluding hydrogens is 400 g/mol. The van der Waals surface area contributed by atoms with Gasteiger partial charge in [0, 0.05) is 17.7 Å². The van der Waals surface area contributed by atoms with Crippen molar-refractivity contribution in [2.24, 2.45) is 5.92 Å². The highest BCUT2D eigenvalue weighted by atomic mass is 19.2. The summed E-state index contributed by atoms with van der Waals surface area (Å²) in [4.78, 5) is 0. The predicted octanol–water partition coefficient (Wildman–Crippen LogP) is 5.89. The first-order valence-corrected chi connectivity index (χ1v) is 10.6. The molecule has 4 rings (SSSR count). The lowest BCUT2D eigenvalue weighted by Crippen LogP contribution is -2.18.